The predicted octanol–water partition coefficient (Wildman–Crippen LogP) is 2.67. The highest BCUT2D eigenvalue weighted by molar-refractivity contribution is 5.90. The minimum absolute atomic E-state index is 0.311. The molecule has 1 aromatic carbocycles. The van der Waals surface area contributed by atoms with E-state index in [0.29, 0.717) is 24.2 Å². The quantitative estimate of drug-likeness (QED) is 0.770. The standard InChI is InChI=1S/C13H15NO3.C2H6/c1-17-13(16)10-3-2-4-11(9-10)14-7-5-12(15)6-8-14;1-2/h2-4,9H,5-8H2,1H3;1-2H3. The summed E-state index contributed by atoms with van der Waals surface area (Å²) in [7, 11) is 1.37. The average molecular weight is 263 g/mol. The van der Waals surface area contributed by atoms with Gasteiger partial charge in [-0.3, -0.25) is 4.79 Å². The Bertz CT molecular complexity index is 433. The number of ether oxygens (including phenoxy) is 1. The van der Waals surface area contributed by atoms with Gasteiger partial charge in [-0.2, -0.15) is 0 Å². The third-order valence-corrected chi connectivity index (χ3v) is 2.95. The van der Waals surface area contributed by atoms with Gasteiger partial charge >= 0.3 is 5.97 Å². The van der Waals surface area contributed by atoms with Gasteiger partial charge in [0.25, 0.3) is 0 Å². The van der Waals surface area contributed by atoms with Crippen molar-refractivity contribution in [2.24, 2.45) is 0 Å². The van der Waals surface area contributed by atoms with Gasteiger partial charge in [-0.15, -0.1) is 0 Å². The van der Waals surface area contributed by atoms with Crippen LogP contribution in [0.1, 0.15) is 37.0 Å². The molecular weight excluding hydrogens is 242 g/mol. The predicted molar refractivity (Wildman–Crippen MR) is 75.6 cm³/mol. The van der Waals surface area contributed by atoms with Gasteiger partial charge in [-0.25, -0.2) is 4.79 Å². The zero-order chi connectivity index (χ0) is 14.3. The Morgan fingerprint density at radius 1 is 1.21 bits per heavy atom. The van der Waals surface area contributed by atoms with Gasteiger partial charge in [0.1, 0.15) is 5.78 Å². The molecule has 0 spiro atoms. The van der Waals surface area contributed by atoms with E-state index < -0.39 is 0 Å². The molecule has 1 aromatic rings. The van der Waals surface area contributed by atoms with Crippen LogP contribution in [0.25, 0.3) is 0 Å². The molecule has 0 unspecified atom stereocenters. The number of esters is 1. The molecule has 0 bridgehead atoms. The summed E-state index contributed by atoms with van der Waals surface area (Å²) >= 11 is 0. The summed E-state index contributed by atoms with van der Waals surface area (Å²) in [6.45, 7) is 5.45. The van der Waals surface area contributed by atoms with Crippen molar-refractivity contribution in [1.29, 1.82) is 0 Å². The Balaban J connectivity index is 0.000000861. The lowest BCUT2D eigenvalue weighted by Crippen LogP contribution is -2.33. The van der Waals surface area contributed by atoms with Crippen molar-refractivity contribution in [3.8, 4) is 0 Å². The SMILES string of the molecule is CC.COC(=O)c1cccc(N2CCC(=O)CC2)c1. The van der Waals surface area contributed by atoms with E-state index in [1.54, 1.807) is 6.07 Å². The van der Waals surface area contributed by atoms with Crippen LogP contribution in [0.15, 0.2) is 24.3 Å². The fraction of sp³-hybridized carbons (Fsp3) is 0.467. The Morgan fingerprint density at radius 2 is 1.84 bits per heavy atom. The summed E-state index contributed by atoms with van der Waals surface area (Å²) in [5.74, 6) is -0.0229. The maximum absolute atomic E-state index is 11.4. The first-order valence-electron chi connectivity index (χ1n) is 6.66. The van der Waals surface area contributed by atoms with E-state index in [1.807, 2.05) is 32.0 Å². The van der Waals surface area contributed by atoms with Crippen LogP contribution in [0, 0.1) is 0 Å². The lowest BCUT2D eigenvalue weighted by Gasteiger charge is -2.28. The van der Waals surface area contributed by atoms with Crippen LogP contribution in [0.5, 0.6) is 0 Å². The van der Waals surface area contributed by atoms with Gasteiger partial charge in [0.15, 0.2) is 0 Å². The lowest BCUT2D eigenvalue weighted by molar-refractivity contribution is -0.119. The zero-order valence-electron chi connectivity index (χ0n) is 11.8. The molecule has 1 fully saturated rings. The molecule has 1 heterocycles. The Labute approximate surface area is 114 Å². The van der Waals surface area contributed by atoms with E-state index in [-0.39, 0.29) is 5.97 Å². The first-order valence-corrected chi connectivity index (χ1v) is 6.66. The highest BCUT2D eigenvalue weighted by atomic mass is 16.5. The molecule has 104 valence electrons. The van der Waals surface area contributed by atoms with Crippen LogP contribution in [0.4, 0.5) is 5.69 Å². The average Bonchev–Trinajstić information content (AvgIpc) is 2.49. The number of ketones is 1. The summed E-state index contributed by atoms with van der Waals surface area (Å²) in [4.78, 5) is 24.7. The second-order valence-corrected chi connectivity index (χ2v) is 4.07. The highest BCUT2D eigenvalue weighted by Crippen LogP contribution is 2.20. The number of nitrogens with zero attached hydrogens (tertiary/aromatic N) is 1. The van der Waals surface area contributed by atoms with Crippen LogP contribution in [-0.2, 0) is 9.53 Å². The number of hydrogen-bond acceptors (Lipinski definition) is 4. The van der Waals surface area contributed by atoms with Gasteiger partial charge in [0.2, 0.25) is 0 Å². The molecule has 19 heavy (non-hydrogen) atoms. The minimum atomic E-state index is -0.333. The van der Waals surface area contributed by atoms with E-state index in [1.165, 1.54) is 7.11 Å². The van der Waals surface area contributed by atoms with Crippen LogP contribution in [0.3, 0.4) is 0 Å². The molecule has 4 nitrogen and oxygen atoms in total. The van der Waals surface area contributed by atoms with Crippen molar-refractivity contribution in [2.45, 2.75) is 26.7 Å². The molecule has 0 radical (unpaired) electrons. The van der Waals surface area contributed by atoms with Crippen molar-refractivity contribution >= 4 is 17.4 Å². The third-order valence-electron chi connectivity index (χ3n) is 2.95. The Kier molecular flexibility index (Phi) is 6.06. The van der Waals surface area contributed by atoms with Gasteiger partial charge in [0, 0.05) is 31.6 Å². The molecule has 0 aliphatic carbocycles. The van der Waals surface area contributed by atoms with Crippen molar-refractivity contribution < 1.29 is 14.3 Å². The smallest absolute Gasteiger partial charge is 0.337 e. The minimum Gasteiger partial charge on any atom is -0.465 e. The van der Waals surface area contributed by atoms with Crippen LogP contribution in [0.2, 0.25) is 0 Å². The van der Waals surface area contributed by atoms with E-state index in [2.05, 4.69) is 9.64 Å². The highest BCUT2D eigenvalue weighted by Gasteiger charge is 2.17. The molecule has 0 aromatic heterocycles. The Morgan fingerprint density at radius 3 is 2.42 bits per heavy atom. The second-order valence-electron chi connectivity index (χ2n) is 4.07. The zero-order valence-corrected chi connectivity index (χ0v) is 11.8. The first-order chi connectivity index (χ1) is 9.20. The summed E-state index contributed by atoms with van der Waals surface area (Å²) < 4.78 is 4.68. The third kappa shape index (κ3) is 4.09. The van der Waals surface area contributed by atoms with Gasteiger partial charge in [-0.05, 0) is 18.2 Å². The molecule has 1 saturated heterocycles. The summed E-state index contributed by atoms with van der Waals surface area (Å²) in [5.41, 5.74) is 1.52. The number of anilines is 1. The fourth-order valence-electron chi connectivity index (χ4n) is 1.96. The summed E-state index contributed by atoms with van der Waals surface area (Å²) in [6.07, 6.45) is 1.17. The fourth-order valence-corrected chi connectivity index (χ4v) is 1.96. The van der Waals surface area contributed by atoms with Crippen LogP contribution >= 0.6 is 0 Å². The molecule has 0 atom stereocenters. The number of carbonyl (C=O) groups is 2. The van der Waals surface area contributed by atoms with Gasteiger partial charge < -0.3 is 9.64 Å². The molecule has 4 heteroatoms. The van der Waals surface area contributed by atoms with Crippen LogP contribution in [-0.4, -0.2) is 32.0 Å². The molecule has 0 N–H and O–H groups in total. The number of methoxy groups -OCH3 is 1. The summed E-state index contributed by atoms with van der Waals surface area (Å²) in [6, 6.07) is 7.31. The van der Waals surface area contributed by atoms with Crippen molar-refractivity contribution in [3.05, 3.63) is 29.8 Å². The number of hydrogen-bond donors (Lipinski definition) is 0. The molecule has 0 amide bonds. The maximum Gasteiger partial charge on any atom is 0.337 e. The largest absolute Gasteiger partial charge is 0.465 e. The monoisotopic (exact) mass is 263 g/mol. The van der Waals surface area contributed by atoms with E-state index in [4.69, 9.17) is 0 Å². The Hall–Kier alpha value is -1.84. The summed E-state index contributed by atoms with van der Waals surface area (Å²) in [5, 5.41) is 0. The second kappa shape index (κ2) is 7.56. The molecular formula is C15H21NO3. The van der Waals surface area contributed by atoms with Gasteiger partial charge in [0.05, 0.1) is 12.7 Å². The van der Waals surface area contributed by atoms with Crippen LogP contribution < -0.4 is 4.90 Å². The van der Waals surface area contributed by atoms with E-state index in [0.717, 1.165) is 18.8 Å². The van der Waals surface area contributed by atoms with Crippen molar-refractivity contribution in [2.75, 3.05) is 25.1 Å². The topological polar surface area (TPSA) is 46.6 Å². The number of rotatable bonds is 2. The number of Topliss-reactive ketones (excluding diaryl/α,β-unsaturated/α-hetero) is 1. The van der Waals surface area contributed by atoms with Gasteiger partial charge in [-0.1, -0.05) is 19.9 Å². The lowest BCUT2D eigenvalue weighted by atomic mass is 10.1. The van der Waals surface area contributed by atoms with E-state index in [9.17, 15) is 9.59 Å². The number of piperidine rings is 1. The maximum atomic E-state index is 11.4. The number of carbonyl (C=O) groups excluding carboxylic acids is 2. The molecule has 0 saturated carbocycles. The normalized spacial score (nSPS) is 14.5. The van der Waals surface area contributed by atoms with E-state index >= 15 is 0 Å². The molecule has 2 rings (SSSR count). The molecule has 1 aliphatic rings. The van der Waals surface area contributed by atoms with Crippen molar-refractivity contribution in [3.63, 3.8) is 0 Å². The number of benzene rings is 1. The first kappa shape index (κ1) is 15.2. The molecule has 1 aliphatic heterocycles. The van der Waals surface area contributed by atoms with Crippen molar-refractivity contribution in [1.82, 2.24) is 0 Å².